The monoisotopic (exact) mass is 375 g/mol. The lowest BCUT2D eigenvalue weighted by molar-refractivity contribution is 0.0919. The molecule has 0 aliphatic rings. The molecule has 0 saturated heterocycles. The number of amides is 2. The average Bonchev–Trinajstić information content (AvgIpc) is 2.45. The number of aromatic nitrogens is 1. The van der Waals surface area contributed by atoms with Crippen molar-refractivity contribution in [2.45, 2.75) is 26.3 Å². The number of hydrogen-bond donors (Lipinski definition) is 2. The summed E-state index contributed by atoms with van der Waals surface area (Å²) in [6.45, 7) is 5.67. The lowest BCUT2D eigenvalue weighted by Crippen LogP contribution is -2.40. The maximum atomic E-state index is 12.3. The molecule has 120 valence electrons. The van der Waals surface area contributed by atoms with E-state index in [1.807, 2.05) is 32.9 Å². The van der Waals surface area contributed by atoms with Gasteiger partial charge in [-0.05, 0) is 45.0 Å². The van der Waals surface area contributed by atoms with Crippen LogP contribution in [0.3, 0.4) is 0 Å². The lowest BCUT2D eigenvalue weighted by atomic mass is 10.1. The number of carbonyl (C=O) groups excluding carboxylic acids is 2. The first-order valence-corrected chi connectivity index (χ1v) is 7.88. The van der Waals surface area contributed by atoms with Crippen LogP contribution in [0.1, 0.15) is 41.5 Å². The maximum absolute atomic E-state index is 12.3. The van der Waals surface area contributed by atoms with Crippen molar-refractivity contribution in [1.29, 1.82) is 0 Å². The van der Waals surface area contributed by atoms with Crippen LogP contribution in [0.4, 0.5) is 5.69 Å². The SMILES string of the molecule is CC(C)(C)NC(=O)c1cncc(C(=O)Nc2cccc(Br)c2)c1. The van der Waals surface area contributed by atoms with E-state index in [1.54, 1.807) is 12.1 Å². The van der Waals surface area contributed by atoms with Crippen LogP contribution in [0.15, 0.2) is 47.2 Å². The van der Waals surface area contributed by atoms with Crippen LogP contribution in [0.25, 0.3) is 0 Å². The third-order valence-electron chi connectivity index (χ3n) is 2.83. The quantitative estimate of drug-likeness (QED) is 0.860. The molecular weight excluding hydrogens is 358 g/mol. The molecule has 0 spiro atoms. The Balaban J connectivity index is 2.16. The van der Waals surface area contributed by atoms with E-state index in [9.17, 15) is 9.59 Å². The number of nitrogens with one attached hydrogen (secondary N) is 2. The van der Waals surface area contributed by atoms with E-state index < -0.39 is 0 Å². The molecule has 0 atom stereocenters. The molecule has 23 heavy (non-hydrogen) atoms. The number of carbonyl (C=O) groups is 2. The molecule has 0 aliphatic carbocycles. The molecule has 1 aromatic heterocycles. The summed E-state index contributed by atoms with van der Waals surface area (Å²) in [6.07, 6.45) is 2.87. The van der Waals surface area contributed by atoms with Crippen molar-refractivity contribution in [1.82, 2.24) is 10.3 Å². The summed E-state index contributed by atoms with van der Waals surface area (Å²) in [4.78, 5) is 28.4. The van der Waals surface area contributed by atoms with Crippen molar-refractivity contribution in [3.05, 3.63) is 58.3 Å². The normalized spacial score (nSPS) is 11.0. The molecule has 0 bridgehead atoms. The van der Waals surface area contributed by atoms with Gasteiger partial charge in [0.05, 0.1) is 11.1 Å². The Morgan fingerprint density at radius 1 is 1.04 bits per heavy atom. The molecule has 0 aliphatic heterocycles. The number of anilines is 1. The molecule has 0 saturated carbocycles. The van der Waals surface area contributed by atoms with Gasteiger partial charge >= 0.3 is 0 Å². The summed E-state index contributed by atoms with van der Waals surface area (Å²) in [5.74, 6) is -0.580. The number of halogens is 1. The minimum absolute atomic E-state index is 0.262. The summed E-state index contributed by atoms with van der Waals surface area (Å²) < 4.78 is 0.867. The van der Waals surface area contributed by atoms with Crippen LogP contribution >= 0.6 is 15.9 Å². The zero-order valence-electron chi connectivity index (χ0n) is 13.2. The number of rotatable bonds is 3. The van der Waals surface area contributed by atoms with Gasteiger partial charge in [0.15, 0.2) is 0 Å². The maximum Gasteiger partial charge on any atom is 0.257 e. The molecule has 0 radical (unpaired) electrons. The highest BCUT2D eigenvalue weighted by atomic mass is 79.9. The van der Waals surface area contributed by atoms with E-state index in [-0.39, 0.29) is 17.4 Å². The Hall–Kier alpha value is -2.21. The van der Waals surface area contributed by atoms with Crippen molar-refractivity contribution in [2.75, 3.05) is 5.32 Å². The molecule has 2 N–H and O–H groups in total. The summed E-state index contributed by atoms with van der Waals surface area (Å²) >= 11 is 3.35. The Morgan fingerprint density at radius 2 is 1.70 bits per heavy atom. The summed E-state index contributed by atoms with van der Waals surface area (Å²) in [7, 11) is 0. The third-order valence-corrected chi connectivity index (χ3v) is 3.33. The van der Waals surface area contributed by atoms with Gasteiger partial charge in [-0.1, -0.05) is 22.0 Å². The van der Waals surface area contributed by atoms with Gasteiger partial charge in [0.2, 0.25) is 0 Å². The van der Waals surface area contributed by atoms with Crippen LogP contribution in [0.2, 0.25) is 0 Å². The molecule has 6 heteroatoms. The minimum Gasteiger partial charge on any atom is -0.347 e. The van der Waals surface area contributed by atoms with Crippen molar-refractivity contribution < 1.29 is 9.59 Å². The van der Waals surface area contributed by atoms with Crippen molar-refractivity contribution in [3.8, 4) is 0 Å². The van der Waals surface area contributed by atoms with E-state index in [4.69, 9.17) is 0 Å². The summed E-state index contributed by atoms with van der Waals surface area (Å²) in [5, 5.41) is 5.61. The van der Waals surface area contributed by atoms with Crippen molar-refractivity contribution >= 4 is 33.4 Å². The molecule has 5 nitrogen and oxygen atoms in total. The van der Waals surface area contributed by atoms with Gasteiger partial charge in [-0.2, -0.15) is 0 Å². The van der Waals surface area contributed by atoms with E-state index in [2.05, 4.69) is 31.5 Å². The first kappa shape index (κ1) is 17.1. The molecule has 0 fully saturated rings. The lowest BCUT2D eigenvalue weighted by Gasteiger charge is -2.20. The molecule has 2 aromatic rings. The van der Waals surface area contributed by atoms with E-state index >= 15 is 0 Å². The zero-order valence-corrected chi connectivity index (χ0v) is 14.8. The van der Waals surface area contributed by atoms with Gasteiger partial charge in [-0.3, -0.25) is 14.6 Å². The zero-order chi connectivity index (χ0) is 17.0. The van der Waals surface area contributed by atoms with E-state index in [1.165, 1.54) is 18.5 Å². The van der Waals surface area contributed by atoms with Crippen molar-refractivity contribution in [3.63, 3.8) is 0 Å². The second-order valence-corrected chi connectivity index (χ2v) is 7.05. The van der Waals surface area contributed by atoms with Gasteiger partial charge in [-0.25, -0.2) is 0 Å². The second kappa shape index (κ2) is 6.91. The summed E-state index contributed by atoms with van der Waals surface area (Å²) in [5.41, 5.74) is 0.980. The molecule has 1 aromatic carbocycles. The van der Waals surface area contributed by atoms with Crippen LogP contribution in [0, 0.1) is 0 Å². The Morgan fingerprint density at radius 3 is 2.30 bits per heavy atom. The van der Waals surface area contributed by atoms with Crippen LogP contribution < -0.4 is 10.6 Å². The third kappa shape index (κ3) is 5.17. The van der Waals surface area contributed by atoms with Crippen LogP contribution in [-0.2, 0) is 0 Å². The highest BCUT2D eigenvalue weighted by Gasteiger charge is 2.17. The number of hydrogen-bond acceptors (Lipinski definition) is 3. The fraction of sp³-hybridized carbons (Fsp3) is 0.235. The molecule has 1 heterocycles. The highest BCUT2D eigenvalue weighted by Crippen LogP contribution is 2.16. The topological polar surface area (TPSA) is 71.1 Å². The molecule has 2 amide bonds. The Bertz CT molecular complexity index is 739. The molecule has 2 rings (SSSR count). The van der Waals surface area contributed by atoms with E-state index in [0.29, 0.717) is 16.8 Å². The first-order chi connectivity index (χ1) is 10.7. The van der Waals surface area contributed by atoms with Gasteiger partial charge in [0.1, 0.15) is 0 Å². The van der Waals surface area contributed by atoms with Gasteiger partial charge < -0.3 is 10.6 Å². The summed E-state index contributed by atoms with van der Waals surface area (Å²) in [6, 6.07) is 8.80. The predicted octanol–water partition coefficient (Wildman–Crippen LogP) is 3.62. The Kier molecular flexibility index (Phi) is 5.15. The van der Waals surface area contributed by atoms with E-state index in [0.717, 1.165) is 4.47 Å². The minimum atomic E-state index is -0.355. The average molecular weight is 376 g/mol. The standard InChI is InChI=1S/C17H18BrN3O2/c1-17(2,3)21-16(23)12-7-11(9-19-10-12)15(22)20-14-6-4-5-13(18)8-14/h4-10H,1-3H3,(H,20,22)(H,21,23). The second-order valence-electron chi connectivity index (χ2n) is 6.13. The molecule has 0 unspecified atom stereocenters. The van der Waals surface area contributed by atoms with Gasteiger partial charge in [-0.15, -0.1) is 0 Å². The predicted molar refractivity (Wildman–Crippen MR) is 93.6 cm³/mol. The fourth-order valence-corrected chi connectivity index (χ4v) is 2.27. The van der Waals surface area contributed by atoms with Gasteiger partial charge in [0, 0.05) is 28.1 Å². The smallest absolute Gasteiger partial charge is 0.257 e. The number of benzene rings is 1. The van der Waals surface area contributed by atoms with Crippen LogP contribution in [0.5, 0.6) is 0 Å². The molecular formula is C17H18BrN3O2. The van der Waals surface area contributed by atoms with Crippen LogP contribution in [-0.4, -0.2) is 22.3 Å². The first-order valence-electron chi connectivity index (χ1n) is 7.09. The Labute approximate surface area is 143 Å². The number of pyridine rings is 1. The van der Waals surface area contributed by atoms with Crippen molar-refractivity contribution in [2.24, 2.45) is 0 Å². The van der Waals surface area contributed by atoms with Gasteiger partial charge in [0.25, 0.3) is 11.8 Å². The highest BCUT2D eigenvalue weighted by molar-refractivity contribution is 9.10. The fourth-order valence-electron chi connectivity index (χ4n) is 1.87. The number of nitrogens with zero attached hydrogens (tertiary/aromatic N) is 1. The largest absolute Gasteiger partial charge is 0.347 e.